The Hall–Kier alpha value is -1.63. The molecule has 0 bridgehead atoms. The summed E-state index contributed by atoms with van der Waals surface area (Å²) in [7, 11) is 0. The lowest BCUT2D eigenvalue weighted by Crippen LogP contribution is -2.28. The van der Waals surface area contributed by atoms with Crippen molar-refractivity contribution in [2.75, 3.05) is 0 Å². The molecule has 1 aliphatic rings. The number of halogens is 3. The van der Waals surface area contributed by atoms with Gasteiger partial charge in [-0.2, -0.15) is 13.2 Å². The van der Waals surface area contributed by atoms with Crippen LogP contribution in [0.2, 0.25) is 0 Å². The standard InChI is InChI=1S/C17H19F3N2OS/c18-17(19,20)13-7-4-9-22(16(13)23)10-8-15-21-14(11-24-15)12-5-2-1-3-6-12/h4,7,9,11-12H,1-3,5-6,8,10H2. The van der Waals surface area contributed by atoms with Crippen LogP contribution in [0.5, 0.6) is 0 Å². The minimum Gasteiger partial charge on any atom is -0.315 e. The summed E-state index contributed by atoms with van der Waals surface area (Å²) in [6.07, 6.45) is 3.33. The first-order chi connectivity index (χ1) is 11.4. The molecule has 1 fully saturated rings. The highest BCUT2D eigenvalue weighted by Crippen LogP contribution is 2.33. The molecule has 0 aromatic carbocycles. The Morgan fingerprint density at radius 2 is 2.00 bits per heavy atom. The van der Waals surface area contributed by atoms with Gasteiger partial charge in [0.2, 0.25) is 0 Å². The molecular weight excluding hydrogens is 337 g/mol. The van der Waals surface area contributed by atoms with E-state index in [1.54, 1.807) is 0 Å². The molecule has 3 rings (SSSR count). The lowest BCUT2D eigenvalue weighted by molar-refractivity contribution is -0.139. The molecule has 0 atom stereocenters. The van der Waals surface area contributed by atoms with Crippen LogP contribution in [0.15, 0.2) is 28.5 Å². The molecule has 1 saturated carbocycles. The van der Waals surface area contributed by atoms with Crippen LogP contribution < -0.4 is 5.56 Å². The number of hydrogen-bond donors (Lipinski definition) is 0. The lowest BCUT2D eigenvalue weighted by Gasteiger charge is -2.19. The van der Waals surface area contributed by atoms with Crippen molar-refractivity contribution >= 4 is 11.3 Å². The predicted octanol–water partition coefficient (Wildman–Crippen LogP) is 4.61. The molecule has 2 aromatic heterocycles. The van der Waals surface area contributed by atoms with E-state index in [0.29, 0.717) is 12.3 Å². The number of pyridine rings is 1. The highest BCUT2D eigenvalue weighted by Gasteiger charge is 2.34. The molecule has 0 spiro atoms. The van der Waals surface area contributed by atoms with Crippen molar-refractivity contribution in [2.24, 2.45) is 0 Å². The monoisotopic (exact) mass is 356 g/mol. The summed E-state index contributed by atoms with van der Waals surface area (Å²) in [4.78, 5) is 16.5. The van der Waals surface area contributed by atoms with Gasteiger partial charge in [0.15, 0.2) is 0 Å². The van der Waals surface area contributed by atoms with Crippen molar-refractivity contribution in [3.05, 3.63) is 50.3 Å². The third-order valence-corrected chi connectivity index (χ3v) is 5.41. The first-order valence-corrected chi connectivity index (χ1v) is 9.04. The van der Waals surface area contributed by atoms with Crippen molar-refractivity contribution in [3.63, 3.8) is 0 Å². The molecule has 0 unspecified atom stereocenters. The molecule has 3 nitrogen and oxygen atoms in total. The van der Waals surface area contributed by atoms with Gasteiger partial charge < -0.3 is 4.57 Å². The predicted molar refractivity (Wildman–Crippen MR) is 87.3 cm³/mol. The van der Waals surface area contributed by atoms with Crippen LogP contribution in [-0.4, -0.2) is 9.55 Å². The van der Waals surface area contributed by atoms with Crippen LogP contribution in [0.4, 0.5) is 13.2 Å². The number of thiazole rings is 1. The number of aryl methyl sites for hydroxylation is 2. The van der Waals surface area contributed by atoms with Crippen LogP contribution in [0.3, 0.4) is 0 Å². The normalized spacial score (nSPS) is 16.5. The van der Waals surface area contributed by atoms with Crippen LogP contribution in [0.1, 0.15) is 54.3 Å². The summed E-state index contributed by atoms with van der Waals surface area (Å²) in [5.41, 5.74) is -1.01. The van der Waals surface area contributed by atoms with E-state index in [2.05, 4.69) is 10.4 Å². The van der Waals surface area contributed by atoms with Crippen LogP contribution in [-0.2, 0) is 19.1 Å². The number of hydrogen-bond acceptors (Lipinski definition) is 3. The van der Waals surface area contributed by atoms with Crippen LogP contribution in [0, 0.1) is 0 Å². The zero-order chi connectivity index (χ0) is 17.2. The first kappa shape index (κ1) is 17.2. The zero-order valence-electron chi connectivity index (χ0n) is 13.2. The van der Waals surface area contributed by atoms with E-state index < -0.39 is 17.3 Å². The second kappa shape index (κ2) is 7.09. The minimum absolute atomic E-state index is 0.209. The molecule has 2 aromatic rings. The van der Waals surface area contributed by atoms with Gasteiger partial charge in [-0.25, -0.2) is 4.98 Å². The highest BCUT2D eigenvalue weighted by atomic mass is 32.1. The van der Waals surface area contributed by atoms with Crippen molar-refractivity contribution in [1.29, 1.82) is 0 Å². The van der Waals surface area contributed by atoms with Gasteiger partial charge >= 0.3 is 6.18 Å². The molecule has 0 amide bonds. The largest absolute Gasteiger partial charge is 0.421 e. The van der Waals surface area contributed by atoms with Gasteiger partial charge in [0.05, 0.1) is 10.7 Å². The minimum atomic E-state index is -4.62. The molecule has 2 heterocycles. The van der Waals surface area contributed by atoms with Gasteiger partial charge in [-0.05, 0) is 25.0 Å². The maximum Gasteiger partial charge on any atom is 0.421 e. The summed E-state index contributed by atoms with van der Waals surface area (Å²) in [5.74, 6) is 0.514. The molecule has 1 aliphatic carbocycles. The van der Waals surface area contributed by atoms with E-state index in [-0.39, 0.29) is 6.54 Å². The van der Waals surface area contributed by atoms with E-state index in [9.17, 15) is 18.0 Å². The topological polar surface area (TPSA) is 34.9 Å². The number of rotatable bonds is 4. The Kier molecular flexibility index (Phi) is 5.08. The Bertz CT molecular complexity index is 745. The van der Waals surface area contributed by atoms with Crippen molar-refractivity contribution in [1.82, 2.24) is 9.55 Å². The fraction of sp³-hybridized carbons (Fsp3) is 0.529. The van der Waals surface area contributed by atoms with E-state index >= 15 is 0 Å². The molecule has 24 heavy (non-hydrogen) atoms. The number of aromatic nitrogens is 2. The zero-order valence-corrected chi connectivity index (χ0v) is 14.0. The SMILES string of the molecule is O=c1c(C(F)(F)F)cccn1CCc1nc(C2CCCCC2)cs1. The fourth-order valence-corrected chi connectivity index (χ4v) is 4.04. The molecule has 0 saturated heterocycles. The van der Waals surface area contributed by atoms with Gasteiger partial charge in [0.25, 0.3) is 5.56 Å². The van der Waals surface area contributed by atoms with E-state index in [0.717, 1.165) is 34.2 Å². The van der Waals surface area contributed by atoms with Gasteiger partial charge in [-0.3, -0.25) is 4.79 Å². The van der Waals surface area contributed by atoms with Crippen molar-refractivity contribution in [3.8, 4) is 0 Å². The van der Waals surface area contributed by atoms with Crippen molar-refractivity contribution < 1.29 is 13.2 Å². The van der Waals surface area contributed by atoms with E-state index in [1.807, 2.05) is 0 Å². The second-order valence-electron chi connectivity index (χ2n) is 6.17. The highest BCUT2D eigenvalue weighted by molar-refractivity contribution is 7.09. The van der Waals surface area contributed by atoms with Crippen molar-refractivity contribution in [2.45, 2.75) is 57.2 Å². The molecular formula is C17H19F3N2OS. The number of alkyl halides is 3. The second-order valence-corrected chi connectivity index (χ2v) is 7.11. The fourth-order valence-electron chi connectivity index (χ4n) is 3.17. The third kappa shape index (κ3) is 3.88. The Labute approximate surface area is 142 Å². The van der Waals surface area contributed by atoms with E-state index in [1.165, 1.54) is 42.9 Å². The quantitative estimate of drug-likeness (QED) is 0.802. The Morgan fingerprint density at radius 3 is 2.71 bits per heavy atom. The Balaban J connectivity index is 1.68. The van der Waals surface area contributed by atoms with Gasteiger partial charge in [-0.15, -0.1) is 11.3 Å². The summed E-state index contributed by atoms with van der Waals surface area (Å²) < 4.78 is 39.4. The lowest BCUT2D eigenvalue weighted by atomic mass is 9.87. The average Bonchev–Trinajstić information content (AvgIpc) is 3.02. The van der Waals surface area contributed by atoms with Crippen LogP contribution in [0.25, 0.3) is 0 Å². The third-order valence-electron chi connectivity index (χ3n) is 4.49. The van der Waals surface area contributed by atoms with Gasteiger partial charge in [-0.1, -0.05) is 19.3 Å². The molecule has 130 valence electrons. The van der Waals surface area contributed by atoms with Crippen LogP contribution >= 0.6 is 11.3 Å². The summed E-state index contributed by atoms with van der Waals surface area (Å²) in [6, 6.07) is 2.09. The molecule has 7 heteroatoms. The molecule has 0 N–H and O–H groups in total. The first-order valence-electron chi connectivity index (χ1n) is 8.16. The smallest absolute Gasteiger partial charge is 0.315 e. The van der Waals surface area contributed by atoms with E-state index in [4.69, 9.17) is 0 Å². The average molecular weight is 356 g/mol. The van der Waals surface area contributed by atoms with Gasteiger partial charge in [0.1, 0.15) is 5.56 Å². The number of nitrogens with zero attached hydrogens (tertiary/aromatic N) is 2. The summed E-state index contributed by atoms with van der Waals surface area (Å²) >= 11 is 1.53. The maximum absolute atomic E-state index is 12.8. The maximum atomic E-state index is 12.8. The Morgan fingerprint density at radius 1 is 1.25 bits per heavy atom. The summed E-state index contributed by atoms with van der Waals surface area (Å²) in [5, 5.41) is 2.93. The van der Waals surface area contributed by atoms with Gasteiger partial charge in [0, 0.05) is 30.5 Å². The molecule has 0 radical (unpaired) electrons. The summed E-state index contributed by atoms with van der Waals surface area (Å²) in [6.45, 7) is 0.209. The molecule has 0 aliphatic heterocycles.